The first-order valence-electron chi connectivity index (χ1n) is 8.40. The number of hydrogen-bond acceptors (Lipinski definition) is 3. The lowest BCUT2D eigenvalue weighted by molar-refractivity contribution is -0.135. The Morgan fingerprint density at radius 3 is 2.75 bits per heavy atom. The van der Waals surface area contributed by atoms with E-state index in [9.17, 15) is 4.79 Å². The maximum Gasteiger partial charge on any atom is 0.219 e. The van der Waals surface area contributed by atoms with Crippen molar-refractivity contribution in [2.24, 2.45) is 10.9 Å². The maximum absolute atomic E-state index is 11.3. The molecule has 0 aliphatic carbocycles. The molecule has 2 aromatic carbocycles. The van der Waals surface area contributed by atoms with E-state index in [1.165, 1.54) is 16.3 Å². The van der Waals surface area contributed by atoms with Gasteiger partial charge in [-0.1, -0.05) is 36.4 Å². The number of fused-ring (bicyclic) bond motifs is 1. The van der Waals surface area contributed by atoms with Crippen LogP contribution in [0.15, 0.2) is 59.7 Å². The highest BCUT2D eigenvalue weighted by Crippen LogP contribution is 2.29. The van der Waals surface area contributed by atoms with E-state index in [0.29, 0.717) is 5.92 Å². The van der Waals surface area contributed by atoms with E-state index in [2.05, 4.69) is 58.4 Å². The van der Waals surface area contributed by atoms with Crippen molar-refractivity contribution in [3.05, 3.63) is 60.3 Å². The van der Waals surface area contributed by atoms with Gasteiger partial charge in [-0.05, 0) is 28.5 Å². The van der Waals surface area contributed by atoms with E-state index in [4.69, 9.17) is 0 Å². The van der Waals surface area contributed by atoms with Crippen LogP contribution < -0.4 is 0 Å². The van der Waals surface area contributed by atoms with Crippen molar-refractivity contribution in [2.45, 2.75) is 13.0 Å². The molecule has 1 unspecified atom stereocenters. The number of benzene rings is 2. The van der Waals surface area contributed by atoms with E-state index in [0.717, 1.165) is 19.6 Å². The third-order valence-electron chi connectivity index (χ3n) is 4.91. The van der Waals surface area contributed by atoms with Gasteiger partial charge in [0.1, 0.15) is 0 Å². The minimum atomic E-state index is 0.171. The van der Waals surface area contributed by atoms with Crippen LogP contribution in [0.25, 0.3) is 10.8 Å². The Labute approximate surface area is 142 Å². The summed E-state index contributed by atoms with van der Waals surface area (Å²) >= 11 is 0. The summed E-state index contributed by atoms with van der Waals surface area (Å²) in [6.07, 6.45) is 5.95. The topological polar surface area (TPSA) is 35.9 Å². The summed E-state index contributed by atoms with van der Waals surface area (Å²) in [7, 11) is 0. The molecule has 0 radical (unpaired) electrons. The van der Waals surface area contributed by atoms with Crippen LogP contribution in [0.4, 0.5) is 0 Å². The van der Waals surface area contributed by atoms with Gasteiger partial charge in [0.05, 0.1) is 12.4 Å². The summed E-state index contributed by atoms with van der Waals surface area (Å²) in [4.78, 5) is 19.8. The third kappa shape index (κ3) is 2.80. The Kier molecular flexibility index (Phi) is 3.81. The zero-order chi connectivity index (χ0) is 16.5. The van der Waals surface area contributed by atoms with Crippen LogP contribution in [0.3, 0.4) is 0 Å². The Morgan fingerprint density at radius 1 is 1.17 bits per heavy atom. The number of carbonyl (C=O) groups is 1. The summed E-state index contributed by atoms with van der Waals surface area (Å²) in [5.41, 5.74) is 1.28. The average Bonchev–Trinajstić information content (AvgIpc) is 2.57. The van der Waals surface area contributed by atoms with Gasteiger partial charge in [-0.2, -0.15) is 0 Å². The average molecular weight is 319 g/mol. The van der Waals surface area contributed by atoms with Crippen LogP contribution in [-0.2, 0) is 4.79 Å². The van der Waals surface area contributed by atoms with E-state index in [1.54, 1.807) is 6.92 Å². The fraction of sp³-hybridized carbons (Fsp3) is 0.300. The van der Waals surface area contributed by atoms with Gasteiger partial charge in [-0.25, -0.2) is 4.99 Å². The second kappa shape index (κ2) is 6.11. The van der Waals surface area contributed by atoms with Crippen molar-refractivity contribution in [3.63, 3.8) is 0 Å². The zero-order valence-corrected chi connectivity index (χ0v) is 13.8. The van der Waals surface area contributed by atoms with Crippen LogP contribution in [0.1, 0.15) is 18.5 Å². The molecule has 2 aromatic rings. The van der Waals surface area contributed by atoms with Crippen molar-refractivity contribution in [2.75, 3.05) is 19.6 Å². The van der Waals surface area contributed by atoms with Crippen LogP contribution >= 0.6 is 0 Å². The lowest BCUT2D eigenvalue weighted by Crippen LogP contribution is -2.53. The van der Waals surface area contributed by atoms with Crippen molar-refractivity contribution in [1.82, 2.24) is 9.80 Å². The molecule has 2 aliphatic rings. The van der Waals surface area contributed by atoms with Crippen LogP contribution in [0.5, 0.6) is 0 Å². The molecule has 0 N–H and O–H groups in total. The highest BCUT2D eigenvalue weighted by molar-refractivity contribution is 5.83. The van der Waals surface area contributed by atoms with Crippen LogP contribution in [0.2, 0.25) is 0 Å². The number of nitrogens with zero attached hydrogens (tertiary/aromatic N) is 3. The third-order valence-corrected chi connectivity index (χ3v) is 4.91. The predicted molar refractivity (Wildman–Crippen MR) is 96.8 cm³/mol. The zero-order valence-electron chi connectivity index (χ0n) is 13.8. The second-order valence-electron chi connectivity index (χ2n) is 6.64. The molecule has 4 heteroatoms. The van der Waals surface area contributed by atoms with Crippen LogP contribution in [-0.4, -0.2) is 41.7 Å². The highest BCUT2D eigenvalue weighted by atomic mass is 16.2. The first-order valence-corrected chi connectivity index (χ1v) is 8.40. The fourth-order valence-electron chi connectivity index (χ4n) is 3.53. The molecule has 0 saturated carbocycles. The predicted octanol–water partition coefficient (Wildman–Crippen LogP) is 3.22. The van der Waals surface area contributed by atoms with Gasteiger partial charge < -0.3 is 9.80 Å². The van der Waals surface area contributed by atoms with Gasteiger partial charge in [0.2, 0.25) is 5.91 Å². The van der Waals surface area contributed by atoms with Crippen molar-refractivity contribution >= 4 is 23.0 Å². The van der Waals surface area contributed by atoms with E-state index in [-0.39, 0.29) is 11.9 Å². The first kappa shape index (κ1) is 14.9. The van der Waals surface area contributed by atoms with Crippen molar-refractivity contribution < 1.29 is 4.79 Å². The molecule has 0 bridgehead atoms. The smallest absolute Gasteiger partial charge is 0.219 e. The molecule has 1 fully saturated rings. The molecular formula is C20H21N3O. The summed E-state index contributed by atoms with van der Waals surface area (Å²) in [5.74, 6) is 0.694. The molecule has 2 heterocycles. The molecule has 122 valence electrons. The normalized spacial score (nSPS) is 20.5. The fourth-order valence-corrected chi connectivity index (χ4v) is 3.53. The summed E-state index contributed by atoms with van der Waals surface area (Å²) in [6, 6.07) is 15.3. The number of likely N-dealkylation sites (tertiary alicyclic amines) is 1. The molecular weight excluding hydrogens is 298 g/mol. The van der Waals surface area contributed by atoms with Crippen LogP contribution in [0, 0.1) is 5.92 Å². The second-order valence-corrected chi connectivity index (χ2v) is 6.64. The Balaban J connectivity index is 1.52. The first-order chi connectivity index (χ1) is 11.7. The minimum Gasteiger partial charge on any atom is -0.352 e. The molecule has 1 amide bonds. The van der Waals surface area contributed by atoms with Crippen molar-refractivity contribution in [3.8, 4) is 0 Å². The Bertz CT molecular complexity index is 820. The summed E-state index contributed by atoms with van der Waals surface area (Å²) < 4.78 is 0. The number of hydrogen-bond donors (Lipinski definition) is 0. The van der Waals surface area contributed by atoms with E-state index >= 15 is 0 Å². The quantitative estimate of drug-likeness (QED) is 0.871. The Morgan fingerprint density at radius 2 is 1.96 bits per heavy atom. The molecule has 0 spiro atoms. The molecule has 1 atom stereocenters. The molecule has 4 rings (SSSR count). The van der Waals surface area contributed by atoms with Gasteiger partial charge in [-0.15, -0.1) is 0 Å². The largest absolute Gasteiger partial charge is 0.352 e. The SMILES string of the molecule is CC(=O)N1CC(CN2C=NC=CC2c2ccc3ccccc3c2)C1. The summed E-state index contributed by atoms with van der Waals surface area (Å²) in [6.45, 7) is 4.27. The number of rotatable bonds is 3. The molecule has 1 saturated heterocycles. The number of carbonyl (C=O) groups excluding carboxylic acids is 1. The summed E-state index contributed by atoms with van der Waals surface area (Å²) in [5, 5.41) is 2.52. The van der Waals surface area contributed by atoms with Crippen molar-refractivity contribution in [1.29, 1.82) is 0 Å². The Hall–Kier alpha value is -2.62. The van der Waals surface area contributed by atoms with E-state index in [1.807, 2.05) is 17.4 Å². The monoisotopic (exact) mass is 319 g/mol. The van der Waals surface area contributed by atoms with Gasteiger partial charge in [0, 0.05) is 38.7 Å². The molecule has 24 heavy (non-hydrogen) atoms. The lowest BCUT2D eigenvalue weighted by Gasteiger charge is -2.42. The standard InChI is InChI=1S/C20H21N3O/c1-15(24)22-11-16(12-22)13-23-14-21-9-8-20(23)19-7-6-17-4-2-3-5-18(17)10-19/h2-10,14,16,20H,11-13H2,1H3. The van der Waals surface area contributed by atoms with Gasteiger partial charge >= 0.3 is 0 Å². The number of amides is 1. The minimum absolute atomic E-state index is 0.171. The number of aliphatic imine (C=N–C) groups is 1. The van der Waals surface area contributed by atoms with Gasteiger partial charge in [-0.3, -0.25) is 4.79 Å². The molecule has 0 aromatic heterocycles. The molecule has 4 nitrogen and oxygen atoms in total. The maximum atomic E-state index is 11.3. The molecule has 2 aliphatic heterocycles. The van der Waals surface area contributed by atoms with E-state index < -0.39 is 0 Å². The van der Waals surface area contributed by atoms with Gasteiger partial charge in [0.25, 0.3) is 0 Å². The highest BCUT2D eigenvalue weighted by Gasteiger charge is 2.31. The van der Waals surface area contributed by atoms with Gasteiger partial charge in [0.15, 0.2) is 0 Å². The lowest BCUT2D eigenvalue weighted by atomic mass is 9.96.